The summed E-state index contributed by atoms with van der Waals surface area (Å²) in [5.74, 6) is 0.350. The van der Waals surface area contributed by atoms with E-state index in [2.05, 4.69) is 5.10 Å². The number of nitrogens with zero attached hydrogens (tertiary/aromatic N) is 2. The molecule has 0 amide bonds. The van der Waals surface area contributed by atoms with Gasteiger partial charge >= 0.3 is 5.97 Å². The molecule has 1 aliphatic heterocycles. The van der Waals surface area contributed by atoms with Crippen molar-refractivity contribution >= 4 is 5.97 Å². The Morgan fingerprint density at radius 1 is 1.67 bits per heavy atom. The van der Waals surface area contributed by atoms with E-state index < -0.39 is 0 Å². The van der Waals surface area contributed by atoms with Gasteiger partial charge in [0.2, 0.25) is 0 Å². The van der Waals surface area contributed by atoms with Crippen molar-refractivity contribution in [2.24, 2.45) is 18.9 Å². The van der Waals surface area contributed by atoms with Crippen molar-refractivity contribution < 1.29 is 9.53 Å². The fourth-order valence-electron chi connectivity index (χ4n) is 2.18. The summed E-state index contributed by atoms with van der Waals surface area (Å²) in [6.45, 7) is 2.59. The lowest BCUT2D eigenvalue weighted by Crippen LogP contribution is -2.18. The monoisotopic (exact) mass is 208 g/mol. The van der Waals surface area contributed by atoms with Crippen LogP contribution >= 0.6 is 0 Å². The predicted molar refractivity (Wildman–Crippen MR) is 55.1 cm³/mol. The fourth-order valence-corrected chi connectivity index (χ4v) is 2.18. The highest BCUT2D eigenvalue weighted by Gasteiger charge is 2.35. The molecule has 1 aromatic heterocycles. The van der Waals surface area contributed by atoms with Crippen molar-refractivity contribution in [2.45, 2.75) is 19.8 Å². The van der Waals surface area contributed by atoms with Gasteiger partial charge in [0.05, 0.1) is 12.5 Å². The second-order valence-corrected chi connectivity index (χ2v) is 4.06. The lowest BCUT2D eigenvalue weighted by Gasteiger charge is -2.12. The number of carbonyl (C=O) groups excluding carboxylic acids is 1. The van der Waals surface area contributed by atoms with Gasteiger partial charge in [0.15, 0.2) is 0 Å². The van der Waals surface area contributed by atoms with Crippen LogP contribution in [0.3, 0.4) is 0 Å². The Bertz CT molecular complexity index is 359. The van der Waals surface area contributed by atoms with E-state index in [1.807, 2.05) is 24.7 Å². The molecule has 4 heteroatoms. The summed E-state index contributed by atoms with van der Waals surface area (Å²) in [6.07, 6.45) is 3.52. The maximum absolute atomic E-state index is 11.4. The van der Waals surface area contributed by atoms with Gasteiger partial charge in [0, 0.05) is 24.9 Å². The largest absolute Gasteiger partial charge is 0.465 e. The van der Waals surface area contributed by atoms with Gasteiger partial charge in [-0.25, -0.2) is 0 Å². The number of esters is 1. The van der Waals surface area contributed by atoms with Crippen LogP contribution in [0.15, 0.2) is 12.3 Å². The maximum Gasteiger partial charge on any atom is 0.309 e. The summed E-state index contributed by atoms with van der Waals surface area (Å²) in [4.78, 5) is 11.4. The number of carbonyl (C=O) groups is 1. The van der Waals surface area contributed by atoms with Gasteiger partial charge in [-0.05, 0) is 18.9 Å². The summed E-state index contributed by atoms with van der Waals surface area (Å²) in [7, 11) is 1.92. The van der Waals surface area contributed by atoms with Crippen LogP contribution in [0.5, 0.6) is 0 Å². The summed E-state index contributed by atoms with van der Waals surface area (Å²) in [5.41, 5.74) is 1.16. The first-order valence-corrected chi connectivity index (χ1v) is 5.36. The van der Waals surface area contributed by atoms with E-state index in [1.54, 1.807) is 6.20 Å². The molecule has 2 rings (SSSR count). The van der Waals surface area contributed by atoms with Gasteiger partial charge in [0.1, 0.15) is 0 Å². The van der Waals surface area contributed by atoms with Crippen LogP contribution in [0.4, 0.5) is 0 Å². The summed E-state index contributed by atoms with van der Waals surface area (Å²) in [5, 5.41) is 4.12. The minimum Gasteiger partial charge on any atom is -0.465 e. The van der Waals surface area contributed by atoms with Gasteiger partial charge < -0.3 is 4.74 Å². The molecule has 1 saturated heterocycles. The van der Waals surface area contributed by atoms with E-state index in [4.69, 9.17) is 4.74 Å². The van der Waals surface area contributed by atoms with Crippen LogP contribution in [0, 0.1) is 11.8 Å². The van der Waals surface area contributed by atoms with Crippen LogP contribution in [0.25, 0.3) is 0 Å². The van der Waals surface area contributed by atoms with Crippen molar-refractivity contribution in [3.63, 3.8) is 0 Å². The molecule has 0 radical (unpaired) electrons. The summed E-state index contributed by atoms with van der Waals surface area (Å²) >= 11 is 0. The van der Waals surface area contributed by atoms with Gasteiger partial charge in [-0.2, -0.15) is 5.10 Å². The van der Waals surface area contributed by atoms with E-state index in [9.17, 15) is 4.79 Å². The number of aryl methyl sites for hydroxylation is 1. The number of aromatic nitrogens is 2. The standard InChI is InChI=1S/C11H16N2O2/c1-3-10-8(7-15-11(10)14)6-9-4-5-12-13(9)2/h4-5,8,10H,3,6-7H2,1-2H3/t8-,10-/m0/s1. The average molecular weight is 208 g/mol. The summed E-state index contributed by atoms with van der Waals surface area (Å²) < 4.78 is 6.95. The lowest BCUT2D eigenvalue weighted by atomic mass is 9.89. The molecule has 2 heterocycles. The molecular weight excluding hydrogens is 192 g/mol. The number of rotatable bonds is 3. The zero-order valence-corrected chi connectivity index (χ0v) is 9.14. The second-order valence-electron chi connectivity index (χ2n) is 4.06. The molecule has 4 nitrogen and oxygen atoms in total. The normalized spacial score (nSPS) is 25.6. The van der Waals surface area contributed by atoms with Crippen molar-refractivity contribution in [1.82, 2.24) is 9.78 Å². The third-order valence-electron chi connectivity index (χ3n) is 3.15. The Kier molecular flexibility index (Phi) is 2.75. The molecule has 1 aliphatic rings. The van der Waals surface area contributed by atoms with E-state index in [-0.39, 0.29) is 11.9 Å². The molecule has 0 unspecified atom stereocenters. The quantitative estimate of drug-likeness (QED) is 0.700. The van der Waals surface area contributed by atoms with Crippen LogP contribution in [0.1, 0.15) is 19.0 Å². The van der Waals surface area contributed by atoms with Gasteiger partial charge in [-0.1, -0.05) is 6.92 Å². The molecule has 0 aromatic carbocycles. The molecule has 2 atom stereocenters. The SMILES string of the molecule is CC[C@@H]1C(=O)OC[C@@H]1Cc1ccnn1C. The Morgan fingerprint density at radius 2 is 2.47 bits per heavy atom. The van der Waals surface area contributed by atoms with Crippen LogP contribution in [-0.2, 0) is 23.0 Å². The van der Waals surface area contributed by atoms with Crippen molar-refractivity contribution in [2.75, 3.05) is 6.61 Å². The molecule has 15 heavy (non-hydrogen) atoms. The van der Waals surface area contributed by atoms with Crippen molar-refractivity contribution in [3.05, 3.63) is 18.0 Å². The Balaban J connectivity index is 2.06. The van der Waals surface area contributed by atoms with Crippen LogP contribution in [0.2, 0.25) is 0 Å². The zero-order chi connectivity index (χ0) is 10.8. The van der Waals surface area contributed by atoms with E-state index in [0.717, 1.165) is 18.5 Å². The molecular formula is C11H16N2O2. The molecule has 1 aromatic rings. The lowest BCUT2D eigenvalue weighted by molar-refractivity contribution is -0.141. The average Bonchev–Trinajstić information content (AvgIpc) is 2.76. The molecule has 1 fully saturated rings. The molecule has 0 bridgehead atoms. The van der Waals surface area contributed by atoms with Crippen LogP contribution < -0.4 is 0 Å². The first-order valence-electron chi connectivity index (χ1n) is 5.36. The molecule has 0 spiro atoms. The van der Waals surface area contributed by atoms with Crippen LogP contribution in [-0.4, -0.2) is 22.4 Å². The predicted octanol–water partition coefficient (Wildman–Crippen LogP) is 1.16. The maximum atomic E-state index is 11.4. The van der Waals surface area contributed by atoms with E-state index >= 15 is 0 Å². The minimum absolute atomic E-state index is 0.0373. The highest BCUT2D eigenvalue weighted by Crippen LogP contribution is 2.27. The third kappa shape index (κ3) is 1.89. The van der Waals surface area contributed by atoms with Crippen molar-refractivity contribution in [1.29, 1.82) is 0 Å². The topological polar surface area (TPSA) is 44.1 Å². The van der Waals surface area contributed by atoms with Gasteiger partial charge in [0.25, 0.3) is 0 Å². The van der Waals surface area contributed by atoms with Gasteiger partial charge in [-0.15, -0.1) is 0 Å². The number of hydrogen-bond donors (Lipinski definition) is 0. The van der Waals surface area contributed by atoms with E-state index in [1.165, 1.54) is 0 Å². The first kappa shape index (κ1) is 10.2. The Hall–Kier alpha value is -1.32. The van der Waals surface area contributed by atoms with Gasteiger partial charge in [-0.3, -0.25) is 9.48 Å². The smallest absolute Gasteiger partial charge is 0.309 e. The number of hydrogen-bond acceptors (Lipinski definition) is 3. The van der Waals surface area contributed by atoms with Crippen molar-refractivity contribution in [3.8, 4) is 0 Å². The Labute approximate surface area is 89.2 Å². The molecule has 0 aliphatic carbocycles. The Morgan fingerprint density at radius 3 is 3.07 bits per heavy atom. The highest BCUT2D eigenvalue weighted by atomic mass is 16.5. The first-order chi connectivity index (χ1) is 7.22. The third-order valence-corrected chi connectivity index (χ3v) is 3.15. The zero-order valence-electron chi connectivity index (χ0n) is 9.14. The fraction of sp³-hybridized carbons (Fsp3) is 0.636. The highest BCUT2D eigenvalue weighted by molar-refractivity contribution is 5.74. The molecule has 0 saturated carbocycles. The number of ether oxygens (including phenoxy) is 1. The second kappa shape index (κ2) is 4.04. The number of cyclic esters (lactones) is 1. The molecule has 82 valence electrons. The minimum atomic E-state index is -0.0373. The van der Waals surface area contributed by atoms with E-state index in [0.29, 0.717) is 12.5 Å². The molecule has 0 N–H and O–H groups in total. The summed E-state index contributed by atoms with van der Waals surface area (Å²) in [6, 6.07) is 2.00.